The molecule has 0 aromatic rings. The van der Waals surface area contributed by atoms with E-state index >= 15 is 0 Å². The second-order valence-electron chi connectivity index (χ2n) is 7.71. The van der Waals surface area contributed by atoms with Gasteiger partial charge >= 0.3 is 0 Å². The van der Waals surface area contributed by atoms with Crippen molar-refractivity contribution in [1.29, 1.82) is 0 Å². The third-order valence-corrected chi connectivity index (χ3v) is 6.51. The van der Waals surface area contributed by atoms with Crippen molar-refractivity contribution in [2.75, 3.05) is 13.2 Å². The molecule has 3 saturated carbocycles. The van der Waals surface area contributed by atoms with Crippen LogP contribution in [0.15, 0.2) is 0 Å². The van der Waals surface area contributed by atoms with Crippen LogP contribution in [0.5, 0.6) is 0 Å². The summed E-state index contributed by atoms with van der Waals surface area (Å²) in [6.45, 7) is 1.56. The molecule has 2 heteroatoms. The summed E-state index contributed by atoms with van der Waals surface area (Å²) < 4.78 is 0. The Morgan fingerprint density at radius 3 is 2.25 bits per heavy atom. The van der Waals surface area contributed by atoms with Gasteiger partial charge in [0.1, 0.15) is 0 Å². The summed E-state index contributed by atoms with van der Waals surface area (Å²) in [7, 11) is 0. The fourth-order valence-electron chi connectivity index (χ4n) is 5.17. The average molecular weight is 279 g/mol. The van der Waals surface area contributed by atoms with E-state index in [1.165, 1.54) is 70.6 Å². The summed E-state index contributed by atoms with van der Waals surface area (Å²) in [5.41, 5.74) is 0. The quantitative estimate of drug-likeness (QED) is 0.822. The smallest absolute Gasteiger partial charge is 0.0462 e. The molecule has 5 unspecified atom stereocenters. The van der Waals surface area contributed by atoms with Crippen molar-refractivity contribution >= 4 is 0 Å². The van der Waals surface area contributed by atoms with Crippen LogP contribution in [0, 0.1) is 23.7 Å². The minimum absolute atomic E-state index is 0.404. The largest absolute Gasteiger partial charge is 0.396 e. The van der Waals surface area contributed by atoms with Gasteiger partial charge in [0.25, 0.3) is 0 Å². The molecule has 0 spiro atoms. The first kappa shape index (κ1) is 14.8. The van der Waals surface area contributed by atoms with E-state index in [2.05, 4.69) is 5.32 Å². The van der Waals surface area contributed by atoms with Gasteiger partial charge in [-0.05, 0) is 62.3 Å². The van der Waals surface area contributed by atoms with E-state index in [0.29, 0.717) is 12.5 Å². The van der Waals surface area contributed by atoms with Gasteiger partial charge in [0.2, 0.25) is 0 Å². The average Bonchev–Trinajstić information content (AvgIpc) is 2.53. The molecule has 3 aliphatic rings. The van der Waals surface area contributed by atoms with Gasteiger partial charge in [-0.3, -0.25) is 0 Å². The van der Waals surface area contributed by atoms with Gasteiger partial charge in [0.15, 0.2) is 0 Å². The van der Waals surface area contributed by atoms with E-state index in [1.807, 2.05) is 0 Å². The summed E-state index contributed by atoms with van der Waals surface area (Å²) in [5.74, 6) is 3.39. The maximum atomic E-state index is 9.52. The molecule has 0 radical (unpaired) electrons. The SMILES string of the molecule is OCC1CCCCC1CNC1CCC2CCCCC2C1. The molecule has 0 bridgehead atoms. The molecule has 2 N–H and O–H groups in total. The molecule has 3 rings (SSSR count). The maximum Gasteiger partial charge on any atom is 0.0462 e. The molecule has 0 amide bonds. The van der Waals surface area contributed by atoms with Crippen LogP contribution in [0.4, 0.5) is 0 Å². The Morgan fingerprint density at radius 1 is 0.750 bits per heavy atom. The Hall–Kier alpha value is -0.0800. The van der Waals surface area contributed by atoms with Gasteiger partial charge in [-0.15, -0.1) is 0 Å². The molecule has 0 aromatic heterocycles. The minimum Gasteiger partial charge on any atom is -0.396 e. The second-order valence-corrected chi connectivity index (χ2v) is 7.71. The van der Waals surface area contributed by atoms with Crippen LogP contribution in [0.3, 0.4) is 0 Å². The van der Waals surface area contributed by atoms with E-state index in [9.17, 15) is 5.11 Å². The maximum absolute atomic E-state index is 9.52. The number of aliphatic hydroxyl groups excluding tert-OH is 1. The molecule has 2 nitrogen and oxygen atoms in total. The lowest BCUT2D eigenvalue weighted by Crippen LogP contribution is -2.42. The van der Waals surface area contributed by atoms with Gasteiger partial charge in [-0.25, -0.2) is 0 Å². The molecule has 116 valence electrons. The molecular formula is C18H33NO. The van der Waals surface area contributed by atoms with Crippen LogP contribution < -0.4 is 5.32 Å². The number of hydrogen-bond acceptors (Lipinski definition) is 2. The minimum atomic E-state index is 0.404. The molecule has 20 heavy (non-hydrogen) atoms. The van der Waals surface area contributed by atoms with E-state index in [-0.39, 0.29) is 0 Å². The Morgan fingerprint density at radius 2 is 1.45 bits per heavy atom. The third kappa shape index (κ3) is 3.57. The standard InChI is InChI=1S/C18H33NO/c20-13-17-8-4-3-7-16(17)12-19-18-10-9-14-5-1-2-6-15(14)11-18/h14-20H,1-13H2. The predicted octanol–water partition coefficient (Wildman–Crippen LogP) is 3.73. The van der Waals surface area contributed by atoms with Crippen molar-refractivity contribution in [3.63, 3.8) is 0 Å². The number of nitrogens with one attached hydrogen (secondary N) is 1. The van der Waals surface area contributed by atoms with Gasteiger partial charge in [-0.2, -0.15) is 0 Å². The van der Waals surface area contributed by atoms with Crippen molar-refractivity contribution < 1.29 is 5.11 Å². The molecule has 3 aliphatic carbocycles. The van der Waals surface area contributed by atoms with Crippen LogP contribution in [0.2, 0.25) is 0 Å². The highest BCUT2D eigenvalue weighted by Gasteiger charge is 2.32. The number of rotatable bonds is 4. The van der Waals surface area contributed by atoms with Crippen molar-refractivity contribution in [3.05, 3.63) is 0 Å². The topological polar surface area (TPSA) is 32.3 Å². The fourth-order valence-corrected chi connectivity index (χ4v) is 5.17. The molecule has 5 atom stereocenters. The third-order valence-electron chi connectivity index (χ3n) is 6.51. The van der Waals surface area contributed by atoms with E-state index in [1.54, 1.807) is 0 Å². The zero-order chi connectivity index (χ0) is 13.8. The Kier molecular flexibility index (Phi) is 5.39. The predicted molar refractivity (Wildman–Crippen MR) is 83.6 cm³/mol. The monoisotopic (exact) mass is 279 g/mol. The van der Waals surface area contributed by atoms with Crippen LogP contribution in [0.1, 0.15) is 70.6 Å². The summed E-state index contributed by atoms with van der Waals surface area (Å²) in [6.07, 6.45) is 15.5. The van der Waals surface area contributed by atoms with Crippen LogP contribution in [-0.2, 0) is 0 Å². The summed E-state index contributed by atoms with van der Waals surface area (Å²) in [4.78, 5) is 0. The highest BCUT2D eigenvalue weighted by atomic mass is 16.3. The Balaban J connectivity index is 1.44. The van der Waals surface area contributed by atoms with Crippen molar-refractivity contribution in [2.45, 2.75) is 76.7 Å². The van der Waals surface area contributed by atoms with Crippen LogP contribution >= 0.6 is 0 Å². The fraction of sp³-hybridized carbons (Fsp3) is 1.00. The van der Waals surface area contributed by atoms with Gasteiger partial charge in [0.05, 0.1) is 0 Å². The van der Waals surface area contributed by atoms with Gasteiger partial charge < -0.3 is 10.4 Å². The van der Waals surface area contributed by atoms with Crippen LogP contribution in [0.25, 0.3) is 0 Å². The lowest BCUT2D eigenvalue weighted by atomic mass is 9.69. The normalized spacial score (nSPS) is 42.1. The first-order valence-electron chi connectivity index (χ1n) is 9.21. The first-order chi connectivity index (χ1) is 9.86. The van der Waals surface area contributed by atoms with Gasteiger partial charge in [-0.1, -0.05) is 38.5 Å². The molecule has 0 heterocycles. The second kappa shape index (κ2) is 7.26. The van der Waals surface area contributed by atoms with Gasteiger partial charge in [0, 0.05) is 12.6 Å². The molecule has 3 fully saturated rings. The van der Waals surface area contributed by atoms with Crippen LogP contribution in [-0.4, -0.2) is 24.3 Å². The molecule has 0 aliphatic heterocycles. The number of hydrogen-bond donors (Lipinski definition) is 2. The number of fused-ring (bicyclic) bond motifs is 1. The van der Waals surface area contributed by atoms with Crippen molar-refractivity contribution in [2.24, 2.45) is 23.7 Å². The Bertz CT molecular complexity index is 293. The van der Waals surface area contributed by atoms with E-state index < -0.39 is 0 Å². The number of aliphatic hydroxyl groups is 1. The van der Waals surface area contributed by atoms with Crippen molar-refractivity contribution in [1.82, 2.24) is 5.32 Å². The zero-order valence-corrected chi connectivity index (χ0v) is 13.0. The molecule has 0 saturated heterocycles. The molecule has 0 aromatic carbocycles. The highest BCUT2D eigenvalue weighted by molar-refractivity contribution is 4.87. The Labute approximate surface area is 124 Å². The van der Waals surface area contributed by atoms with E-state index in [4.69, 9.17) is 0 Å². The summed E-state index contributed by atoms with van der Waals surface area (Å²) >= 11 is 0. The lowest BCUT2D eigenvalue weighted by Gasteiger charge is -2.40. The summed E-state index contributed by atoms with van der Waals surface area (Å²) in [5, 5.41) is 13.4. The lowest BCUT2D eigenvalue weighted by molar-refractivity contribution is 0.115. The molecular weight excluding hydrogens is 246 g/mol. The van der Waals surface area contributed by atoms with Crippen molar-refractivity contribution in [3.8, 4) is 0 Å². The zero-order valence-electron chi connectivity index (χ0n) is 13.0. The summed E-state index contributed by atoms with van der Waals surface area (Å²) in [6, 6.07) is 0.774. The highest BCUT2D eigenvalue weighted by Crippen LogP contribution is 2.40. The first-order valence-corrected chi connectivity index (χ1v) is 9.21. The van der Waals surface area contributed by atoms with E-state index in [0.717, 1.165) is 30.3 Å².